The van der Waals surface area contributed by atoms with Crippen molar-refractivity contribution < 1.29 is 0 Å². The summed E-state index contributed by atoms with van der Waals surface area (Å²) < 4.78 is 0. The Morgan fingerprint density at radius 3 is 2.94 bits per heavy atom. The number of nitrogens with one attached hydrogen (secondary N) is 1. The fourth-order valence-corrected chi connectivity index (χ4v) is 2.81. The number of anilines is 1. The van der Waals surface area contributed by atoms with Crippen molar-refractivity contribution in [2.75, 3.05) is 31.6 Å². The van der Waals surface area contributed by atoms with E-state index in [1.807, 2.05) is 7.05 Å². The van der Waals surface area contributed by atoms with Crippen LogP contribution in [0, 0.1) is 5.92 Å². The van der Waals surface area contributed by atoms with E-state index in [2.05, 4.69) is 41.4 Å². The van der Waals surface area contributed by atoms with Gasteiger partial charge in [-0.3, -0.25) is 0 Å². The summed E-state index contributed by atoms with van der Waals surface area (Å²) in [4.78, 5) is 2.56. The molecule has 1 aliphatic heterocycles. The Labute approximate surface area is 105 Å². The largest absolute Gasteiger partial charge is 0.371 e. The molecule has 0 aliphatic carbocycles. The predicted octanol–water partition coefficient (Wildman–Crippen LogP) is 2.68. The summed E-state index contributed by atoms with van der Waals surface area (Å²) in [6.07, 6.45) is 3.75. The van der Waals surface area contributed by atoms with Gasteiger partial charge in [-0.2, -0.15) is 0 Å². The van der Waals surface area contributed by atoms with Crippen LogP contribution in [0.2, 0.25) is 0 Å². The Balaban J connectivity index is 2.07. The third-order valence-electron chi connectivity index (χ3n) is 3.63. The monoisotopic (exact) mass is 232 g/mol. The zero-order valence-corrected chi connectivity index (χ0v) is 11.1. The fourth-order valence-electron chi connectivity index (χ4n) is 2.81. The number of hydrogen-bond donors (Lipinski definition) is 1. The number of benzene rings is 1. The molecule has 1 aromatic rings. The van der Waals surface area contributed by atoms with Crippen molar-refractivity contribution in [2.45, 2.75) is 26.2 Å². The maximum Gasteiger partial charge on any atom is 0.0398 e. The molecule has 94 valence electrons. The Morgan fingerprint density at radius 1 is 1.35 bits per heavy atom. The van der Waals surface area contributed by atoms with Crippen molar-refractivity contribution in [3.63, 3.8) is 0 Å². The zero-order chi connectivity index (χ0) is 12.1. The van der Waals surface area contributed by atoms with Crippen LogP contribution in [0.25, 0.3) is 0 Å². The van der Waals surface area contributed by atoms with E-state index in [0.717, 1.165) is 12.5 Å². The summed E-state index contributed by atoms with van der Waals surface area (Å²) in [6, 6.07) is 8.90. The third kappa shape index (κ3) is 3.01. The van der Waals surface area contributed by atoms with Crippen molar-refractivity contribution in [1.29, 1.82) is 0 Å². The number of rotatable bonds is 5. The van der Waals surface area contributed by atoms with E-state index in [1.165, 1.54) is 43.6 Å². The number of aryl methyl sites for hydroxylation is 1. The first-order chi connectivity index (χ1) is 8.35. The summed E-state index contributed by atoms with van der Waals surface area (Å²) in [5, 5.41) is 3.29. The van der Waals surface area contributed by atoms with Crippen molar-refractivity contribution >= 4 is 5.69 Å². The van der Waals surface area contributed by atoms with Gasteiger partial charge in [-0.25, -0.2) is 0 Å². The zero-order valence-electron chi connectivity index (χ0n) is 11.1. The summed E-state index contributed by atoms with van der Waals surface area (Å²) in [5.41, 5.74) is 2.98. The second kappa shape index (κ2) is 6.06. The van der Waals surface area contributed by atoms with Crippen LogP contribution >= 0.6 is 0 Å². The van der Waals surface area contributed by atoms with Crippen molar-refractivity contribution in [2.24, 2.45) is 5.92 Å². The van der Waals surface area contributed by atoms with E-state index in [1.54, 1.807) is 0 Å². The molecule has 1 N–H and O–H groups in total. The van der Waals surface area contributed by atoms with Crippen molar-refractivity contribution in [3.8, 4) is 0 Å². The minimum atomic E-state index is 0.815. The van der Waals surface area contributed by atoms with Gasteiger partial charge < -0.3 is 10.2 Å². The maximum absolute atomic E-state index is 3.29. The Hall–Kier alpha value is -1.02. The summed E-state index contributed by atoms with van der Waals surface area (Å²) in [7, 11) is 2.05. The Kier molecular flexibility index (Phi) is 4.43. The van der Waals surface area contributed by atoms with E-state index >= 15 is 0 Å². The molecule has 1 unspecified atom stereocenters. The quantitative estimate of drug-likeness (QED) is 0.839. The van der Waals surface area contributed by atoms with E-state index in [4.69, 9.17) is 0 Å². The molecule has 1 saturated heterocycles. The maximum atomic E-state index is 3.29. The van der Waals surface area contributed by atoms with E-state index < -0.39 is 0 Å². The van der Waals surface area contributed by atoms with Gasteiger partial charge in [0.25, 0.3) is 0 Å². The molecule has 1 atom stereocenters. The lowest BCUT2D eigenvalue weighted by atomic mass is 10.1. The first-order valence-corrected chi connectivity index (χ1v) is 6.82. The van der Waals surface area contributed by atoms with Crippen LogP contribution in [0.5, 0.6) is 0 Å². The van der Waals surface area contributed by atoms with Crippen LogP contribution in [0.3, 0.4) is 0 Å². The highest BCUT2D eigenvalue weighted by molar-refractivity contribution is 5.54. The molecule has 2 rings (SSSR count). The van der Waals surface area contributed by atoms with Crippen LogP contribution in [0.4, 0.5) is 5.69 Å². The number of nitrogens with zero attached hydrogens (tertiary/aromatic N) is 1. The molecule has 2 heteroatoms. The smallest absolute Gasteiger partial charge is 0.0398 e. The molecule has 0 saturated carbocycles. The SMILES string of the molecule is CCCc1ccccc1N1CCC(CNC)C1. The standard InChI is InChI=1S/C15H24N2/c1-3-6-14-7-4-5-8-15(14)17-10-9-13(12-17)11-16-2/h4-5,7-8,13,16H,3,6,9-12H2,1-2H3. The van der Waals surface area contributed by atoms with Gasteiger partial charge in [-0.15, -0.1) is 0 Å². The van der Waals surface area contributed by atoms with Crippen molar-refractivity contribution in [1.82, 2.24) is 5.32 Å². The van der Waals surface area contributed by atoms with E-state index in [9.17, 15) is 0 Å². The molecule has 17 heavy (non-hydrogen) atoms. The minimum Gasteiger partial charge on any atom is -0.371 e. The van der Waals surface area contributed by atoms with Gasteiger partial charge >= 0.3 is 0 Å². The highest BCUT2D eigenvalue weighted by atomic mass is 15.2. The first kappa shape index (κ1) is 12.4. The van der Waals surface area contributed by atoms with Crippen molar-refractivity contribution in [3.05, 3.63) is 29.8 Å². The molecule has 1 heterocycles. The number of hydrogen-bond acceptors (Lipinski definition) is 2. The average molecular weight is 232 g/mol. The average Bonchev–Trinajstić information content (AvgIpc) is 2.79. The van der Waals surface area contributed by atoms with Crippen LogP contribution in [0.1, 0.15) is 25.3 Å². The molecule has 0 amide bonds. The van der Waals surface area contributed by atoms with Crippen LogP contribution in [0.15, 0.2) is 24.3 Å². The van der Waals surface area contributed by atoms with Gasteiger partial charge in [0.2, 0.25) is 0 Å². The van der Waals surface area contributed by atoms with Gasteiger partial charge in [0, 0.05) is 18.8 Å². The van der Waals surface area contributed by atoms with Gasteiger partial charge in [-0.1, -0.05) is 31.5 Å². The molecular formula is C15H24N2. The van der Waals surface area contributed by atoms with Crippen LogP contribution in [-0.2, 0) is 6.42 Å². The second-order valence-electron chi connectivity index (χ2n) is 5.04. The second-order valence-corrected chi connectivity index (χ2v) is 5.04. The summed E-state index contributed by atoms with van der Waals surface area (Å²) >= 11 is 0. The van der Waals surface area contributed by atoms with Gasteiger partial charge in [0.15, 0.2) is 0 Å². The van der Waals surface area contributed by atoms with Gasteiger partial charge in [-0.05, 0) is 44.0 Å². The number of para-hydroxylation sites is 1. The minimum absolute atomic E-state index is 0.815. The normalized spacial score (nSPS) is 19.9. The lowest BCUT2D eigenvalue weighted by Gasteiger charge is -2.22. The molecule has 1 fully saturated rings. The summed E-state index contributed by atoms with van der Waals surface area (Å²) in [6.45, 7) is 5.83. The molecular weight excluding hydrogens is 208 g/mol. The first-order valence-electron chi connectivity index (χ1n) is 6.82. The molecule has 0 spiro atoms. The molecule has 0 radical (unpaired) electrons. The lowest BCUT2D eigenvalue weighted by molar-refractivity contribution is 0.549. The van der Waals surface area contributed by atoms with Gasteiger partial charge in [0.05, 0.1) is 0 Å². The molecule has 0 bridgehead atoms. The molecule has 2 nitrogen and oxygen atoms in total. The van der Waals surface area contributed by atoms with E-state index in [0.29, 0.717) is 0 Å². The topological polar surface area (TPSA) is 15.3 Å². The highest BCUT2D eigenvalue weighted by Crippen LogP contribution is 2.27. The van der Waals surface area contributed by atoms with Crippen LogP contribution < -0.4 is 10.2 Å². The van der Waals surface area contributed by atoms with Crippen LogP contribution in [-0.4, -0.2) is 26.7 Å². The molecule has 1 aromatic carbocycles. The molecule has 1 aliphatic rings. The Bertz CT molecular complexity index is 349. The molecule has 0 aromatic heterocycles. The predicted molar refractivity (Wildman–Crippen MR) is 74.7 cm³/mol. The van der Waals surface area contributed by atoms with E-state index in [-0.39, 0.29) is 0 Å². The fraction of sp³-hybridized carbons (Fsp3) is 0.600. The summed E-state index contributed by atoms with van der Waals surface area (Å²) in [5.74, 6) is 0.815. The highest BCUT2D eigenvalue weighted by Gasteiger charge is 2.23. The lowest BCUT2D eigenvalue weighted by Crippen LogP contribution is -2.25. The third-order valence-corrected chi connectivity index (χ3v) is 3.63. The van der Waals surface area contributed by atoms with Gasteiger partial charge in [0.1, 0.15) is 0 Å². The Morgan fingerprint density at radius 2 is 2.18 bits per heavy atom.